The fourth-order valence-electron chi connectivity index (χ4n) is 10.2. The van der Waals surface area contributed by atoms with Crippen LogP contribution in [0.1, 0.15) is 218 Å². The molecule has 3 aliphatic rings. The highest BCUT2D eigenvalue weighted by atomic mass is 16.1. The molecular weight excluding hydrogens is 673 g/mol. The number of hydrogen-bond acceptors (Lipinski definition) is 3. The van der Waals surface area contributed by atoms with E-state index in [9.17, 15) is 14.4 Å². The van der Waals surface area contributed by atoms with Crippen LogP contribution >= 0.6 is 0 Å². The third-order valence-corrected chi connectivity index (χ3v) is 14.7. The normalized spacial score (nSPS) is 22.1. The Labute approximate surface area is 335 Å². The van der Waals surface area contributed by atoms with Crippen molar-refractivity contribution in [2.75, 3.05) is 0 Å². The van der Waals surface area contributed by atoms with Gasteiger partial charge in [-0.15, -0.1) is 0 Å². The van der Waals surface area contributed by atoms with Gasteiger partial charge in [0.25, 0.3) is 0 Å². The minimum atomic E-state index is 0.0951. The maximum atomic E-state index is 11.9. The summed E-state index contributed by atoms with van der Waals surface area (Å²) < 4.78 is 0. The van der Waals surface area contributed by atoms with E-state index >= 15 is 0 Å². The number of aryl methyl sites for hydroxylation is 2. The van der Waals surface area contributed by atoms with Crippen LogP contribution in [0.2, 0.25) is 0 Å². The Hall–Kier alpha value is -3.33. The van der Waals surface area contributed by atoms with Gasteiger partial charge in [0.2, 0.25) is 0 Å². The van der Waals surface area contributed by atoms with E-state index in [0.717, 1.165) is 40.7 Å². The summed E-state index contributed by atoms with van der Waals surface area (Å²) in [5.74, 6) is 2.91. The molecule has 0 saturated carbocycles. The van der Waals surface area contributed by atoms with E-state index < -0.39 is 0 Å². The monoisotopic (exact) mass is 747 g/mol. The van der Waals surface area contributed by atoms with Gasteiger partial charge in [-0.05, 0) is 166 Å². The number of Topliss-reactive ketones (excluding diaryl/α,β-unsaturated/α-hetero) is 3. The molecule has 0 amide bonds. The first-order chi connectivity index (χ1) is 24.9. The molecule has 0 radical (unpaired) electrons. The molecule has 3 unspecified atom stereocenters. The SMILES string of the molecule is CC(=O)c1cc(C(C)(C)C)cc2c1CCC2(C)C.CC(=O)c1cc2c(cc1C)C(C)(C)C(C)C2(C)C.CC(=O)c1cc2c(cc1C)C(C)(C)C(C)C2C(C)C. The largest absolute Gasteiger partial charge is 0.295 e. The van der Waals surface area contributed by atoms with Crippen molar-refractivity contribution >= 4 is 17.3 Å². The van der Waals surface area contributed by atoms with Crippen molar-refractivity contribution in [3.05, 3.63) is 103 Å². The van der Waals surface area contributed by atoms with Crippen molar-refractivity contribution in [3.63, 3.8) is 0 Å². The smallest absolute Gasteiger partial charge is 0.160 e. The summed E-state index contributed by atoms with van der Waals surface area (Å²) >= 11 is 0. The molecule has 0 heterocycles. The molecule has 0 aliphatic heterocycles. The van der Waals surface area contributed by atoms with Gasteiger partial charge in [-0.3, -0.25) is 14.4 Å². The first-order valence-electron chi connectivity index (χ1n) is 20.9. The van der Waals surface area contributed by atoms with Crippen LogP contribution in [0.15, 0.2) is 36.4 Å². The minimum absolute atomic E-state index is 0.0951. The number of rotatable bonds is 4. The van der Waals surface area contributed by atoms with Crippen LogP contribution in [0.4, 0.5) is 0 Å². The lowest BCUT2D eigenvalue weighted by molar-refractivity contribution is 0.100. The average molecular weight is 747 g/mol. The molecule has 3 aliphatic carbocycles. The highest BCUT2D eigenvalue weighted by Gasteiger charge is 2.49. The number of fused-ring (bicyclic) bond motifs is 3. The van der Waals surface area contributed by atoms with Gasteiger partial charge in [0, 0.05) is 16.7 Å². The molecule has 0 spiro atoms. The molecule has 3 heteroatoms. The van der Waals surface area contributed by atoms with Gasteiger partial charge in [0.05, 0.1) is 0 Å². The number of carbonyl (C=O) groups excluding carboxylic acids is 3. The lowest BCUT2D eigenvalue weighted by Crippen LogP contribution is -2.30. The second-order valence-electron chi connectivity index (χ2n) is 21.3. The van der Waals surface area contributed by atoms with Crippen LogP contribution in [0, 0.1) is 31.6 Å². The summed E-state index contributed by atoms with van der Waals surface area (Å²) in [6, 6.07) is 13.2. The lowest BCUT2D eigenvalue weighted by atomic mass is 9.71. The molecule has 6 rings (SSSR count). The zero-order chi connectivity index (χ0) is 42.1. The van der Waals surface area contributed by atoms with Gasteiger partial charge < -0.3 is 0 Å². The highest BCUT2D eigenvalue weighted by molar-refractivity contribution is 5.97. The molecular formula is C52H74O3. The molecule has 0 saturated heterocycles. The first-order valence-corrected chi connectivity index (χ1v) is 20.9. The van der Waals surface area contributed by atoms with E-state index in [1.165, 1.54) is 38.9 Å². The Morgan fingerprint density at radius 2 is 1.07 bits per heavy atom. The molecule has 3 nitrogen and oxygen atoms in total. The Morgan fingerprint density at radius 1 is 0.618 bits per heavy atom. The van der Waals surface area contributed by atoms with Crippen LogP contribution in [0.25, 0.3) is 0 Å². The van der Waals surface area contributed by atoms with Crippen molar-refractivity contribution in [1.82, 2.24) is 0 Å². The van der Waals surface area contributed by atoms with E-state index in [4.69, 9.17) is 0 Å². The van der Waals surface area contributed by atoms with Crippen LogP contribution in [0.3, 0.4) is 0 Å². The van der Waals surface area contributed by atoms with Crippen molar-refractivity contribution in [3.8, 4) is 0 Å². The Kier molecular flexibility index (Phi) is 12.0. The standard InChI is InChI=1S/C18H26O.2C17H24O/c1-10(2)17-12(4)18(6,7)16-8-11(3)14(13(5)19)9-15(16)17;1-10-8-14-15(9-13(10)11(2)18)17(6,7)12(3)16(14,4)5;1-11(18)14-9-12(16(2,3)4)10-15-13(14)7-8-17(15,5)6/h8-10,12,17H,1-7H3;8-9,12H,1-7H3;9-10H,7-8H2,1-6H3. The molecule has 3 aromatic rings. The van der Waals surface area contributed by atoms with Crippen LogP contribution in [-0.2, 0) is 33.5 Å². The number of benzene rings is 3. The summed E-state index contributed by atoms with van der Waals surface area (Å²) in [5.41, 5.74) is 15.4. The second-order valence-corrected chi connectivity index (χ2v) is 21.3. The molecule has 55 heavy (non-hydrogen) atoms. The van der Waals surface area contributed by atoms with Crippen LogP contribution < -0.4 is 0 Å². The van der Waals surface area contributed by atoms with Crippen molar-refractivity contribution in [1.29, 1.82) is 0 Å². The summed E-state index contributed by atoms with van der Waals surface area (Å²) in [6.45, 7) is 43.5. The van der Waals surface area contributed by atoms with E-state index in [-0.39, 0.29) is 44.4 Å². The predicted octanol–water partition coefficient (Wildman–Crippen LogP) is 13.7. The Morgan fingerprint density at radius 3 is 1.53 bits per heavy atom. The lowest BCUT2D eigenvalue weighted by Gasteiger charge is -2.32. The third kappa shape index (κ3) is 7.98. The van der Waals surface area contributed by atoms with E-state index in [2.05, 4.69) is 147 Å². The number of carbonyl (C=O) groups is 3. The van der Waals surface area contributed by atoms with Gasteiger partial charge in [0.1, 0.15) is 0 Å². The van der Waals surface area contributed by atoms with E-state index in [0.29, 0.717) is 23.7 Å². The zero-order valence-electron chi connectivity index (χ0n) is 38.4. The molecule has 0 N–H and O–H groups in total. The molecule has 3 atom stereocenters. The van der Waals surface area contributed by atoms with Gasteiger partial charge in [-0.2, -0.15) is 0 Å². The van der Waals surface area contributed by atoms with E-state index in [1.54, 1.807) is 20.8 Å². The summed E-state index contributed by atoms with van der Waals surface area (Å²) in [7, 11) is 0. The maximum absolute atomic E-state index is 11.9. The number of ketones is 3. The third-order valence-electron chi connectivity index (χ3n) is 14.7. The molecule has 0 fully saturated rings. The van der Waals surface area contributed by atoms with E-state index in [1.807, 2.05) is 6.92 Å². The van der Waals surface area contributed by atoms with Gasteiger partial charge in [-0.25, -0.2) is 0 Å². The van der Waals surface area contributed by atoms with Crippen LogP contribution in [0.5, 0.6) is 0 Å². The Balaban J connectivity index is 0.000000184. The van der Waals surface area contributed by atoms with Gasteiger partial charge in [-0.1, -0.05) is 122 Å². The van der Waals surface area contributed by atoms with Gasteiger partial charge in [0.15, 0.2) is 17.3 Å². The minimum Gasteiger partial charge on any atom is -0.295 e. The molecule has 3 aromatic carbocycles. The summed E-state index contributed by atoms with van der Waals surface area (Å²) in [5, 5.41) is 0. The fraction of sp³-hybridized carbons (Fsp3) is 0.596. The number of hydrogen-bond donors (Lipinski definition) is 0. The second kappa shape index (κ2) is 14.9. The van der Waals surface area contributed by atoms with Crippen molar-refractivity contribution < 1.29 is 14.4 Å². The highest BCUT2D eigenvalue weighted by Crippen LogP contribution is 2.55. The maximum Gasteiger partial charge on any atom is 0.160 e. The topological polar surface area (TPSA) is 51.2 Å². The quantitative estimate of drug-likeness (QED) is 0.250. The summed E-state index contributed by atoms with van der Waals surface area (Å²) in [6.07, 6.45) is 2.19. The van der Waals surface area contributed by atoms with Gasteiger partial charge >= 0.3 is 0 Å². The predicted molar refractivity (Wildman–Crippen MR) is 234 cm³/mol. The summed E-state index contributed by atoms with van der Waals surface area (Å²) in [4.78, 5) is 35.4. The molecule has 300 valence electrons. The first kappa shape index (κ1) is 44.4. The molecule has 0 aromatic heterocycles. The zero-order valence-corrected chi connectivity index (χ0v) is 38.4. The van der Waals surface area contributed by atoms with Crippen LogP contribution in [-0.4, -0.2) is 17.3 Å². The van der Waals surface area contributed by atoms with Crippen molar-refractivity contribution in [2.45, 2.75) is 184 Å². The van der Waals surface area contributed by atoms with Crippen molar-refractivity contribution in [2.24, 2.45) is 17.8 Å². The molecule has 0 bridgehead atoms. The fourth-order valence-corrected chi connectivity index (χ4v) is 10.2. The average Bonchev–Trinajstić information content (AvgIpc) is 3.51. The Bertz CT molecular complexity index is 2000.